The van der Waals surface area contributed by atoms with Crippen molar-refractivity contribution in [3.8, 4) is 0 Å². The van der Waals surface area contributed by atoms with Gasteiger partial charge in [-0.25, -0.2) is 4.79 Å². The molecular formula is C16H25N3O4. The summed E-state index contributed by atoms with van der Waals surface area (Å²) in [4.78, 5) is 24.5. The minimum absolute atomic E-state index is 0.0984. The van der Waals surface area contributed by atoms with E-state index in [0.29, 0.717) is 19.5 Å². The first kappa shape index (κ1) is 17.3. The molecule has 1 aliphatic rings. The molecule has 7 heteroatoms. The molecule has 1 aromatic heterocycles. The number of carbonyl (C=O) groups is 2. The number of aliphatic carboxylic acids is 1. The summed E-state index contributed by atoms with van der Waals surface area (Å²) in [6.07, 6.45) is 2.83. The van der Waals surface area contributed by atoms with E-state index in [1.54, 1.807) is 11.1 Å². The fourth-order valence-electron chi connectivity index (χ4n) is 2.75. The maximum atomic E-state index is 12.1. The highest BCUT2D eigenvalue weighted by atomic mass is 16.6. The van der Waals surface area contributed by atoms with Gasteiger partial charge in [-0.05, 0) is 46.1 Å². The van der Waals surface area contributed by atoms with Crippen molar-refractivity contribution in [2.75, 3.05) is 13.1 Å². The van der Waals surface area contributed by atoms with Crippen molar-refractivity contribution in [1.29, 1.82) is 0 Å². The Bertz CT molecular complexity index is 589. The van der Waals surface area contributed by atoms with Crippen LogP contribution in [0.1, 0.15) is 50.9 Å². The van der Waals surface area contributed by atoms with Gasteiger partial charge in [0.25, 0.3) is 0 Å². The van der Waals surface area contributed by atoms with Crippen molar-refractivity contribution >= 4 is 12.1 Å². The summed E-state index contributed by atoms with van der Waals surface area (Å²) in [5, 5.41) is 13.2. The smallest absolute Gasteiger partial charge is 0.410 e. The minimum atomic E-state index is -0.811. The molecular weight excluding hydrogens is 298 g/mol. The average molecular weight is 323 g/mol. The predicted octanol–water partition coefficient (Wildman–Crippen LogP) is 2.39. The van der Waals surface area contributed by atoms with Crippen molar-refractivity contribution in [2.24, 2.45) is 0 Å². The van der Waals surface area contributed by atoms with Gasteiger partial charge in [-0.2, -0.15) is 5.10 Å². The van der Waals surface area contributed by atoms with E-state index in [1.807, 2.05) is 32.4 Å². The predicted molar refractivity (Wildman–Crippen MR) is 84.4 cm³/mol. The molecule has 1 N–H and O–H groups in total. The Hall–Kier alpha value is -2.05. The normalized spacial score (nSPS) is 18.3. The van der Waals surface area contributed by atoms with Crippen LogP contribution in [0, 0.1) is 6.92 Å². The number of carboxylic acid groups (broad SMARTS) is 1. The molecule has 0 saturated carbocycles. The molecule has 0 aliphatic carbocycles. The maximum Gasteiger partial charge on any atom is 0.410 e. The molecule has 1 aromatic rings. The van der Waals surface area contributed by atoms with E-state index in [0.717, 1.165) is 17.7 Å². The van der Waals surface area contributed by atoms with Gasteiger partial charge in [-0.15, -0.1) is 0 Å². The van der Waals surface area contributed by atoms with E-state index >= 15 is 0 Å². The molecule has 0 aromatic carbocycles. The Labute approximate surface area is 136 Å². The van der Waals surface area contributed by atoms with Crippen LogP contribution >= 0.6 is 0 Å². The van der Waals surface area contributed by atoms with Gasteiger partial charge in [0.2, 0.25) is 0 Å². The van der Waals surface area contributed by atoms with Crippen LogP contribution < -0.4 is 0 Å². The lowest BCUT2D eigenvalue weighted by atomic mass is 10.1. The molecule has 1 fully saturated rings. The van der Waals surface area contributed by atoms with Crippen LogP contribution in [-0.4, -0.2) is 50.5 Å². The van der Waals surface area contributed by atoms with Gasteiger partial charge in [-0.3, -0.25) is 9.48 Å². The van der Waals surface area contributed by atoms with Gasteiger partial charge in [-0.1, -0.05) is 0 Å². The van der Waals surface area contributed by atoms with Crippen molar-refractivity contribution in [2.45, 2.75) is 58.6 Å². The van der Waals surface area contributed by atoms with Crippen molar-refractivity contribution in [1.82, 2.24) is 14.7 Å². The summed E-state index contributed by atoms with van der Waals surface area (Å²) in [7, 11) is 0. The summed E-state index contributed by atoms with van der Waals surface area (Å²) in [5.74, 6) is -0.811. The molecule has 2 rings (SSSR count). The first-order valence-corrected chi connectivity index (χ1v) is 7.90. The van der Waals surface area contributed by atoms with Gasteiger partial charge < -0.3 is 14.7 Å². The Kier molecular flexibility index (Phi) is 4.97. The second kappa shape index (κ2) is 6.60. The highest BCUT2D eigenvalue weighted by Crippen LogP contribution is 2.25. The standard InChI is InChI=1S/C16H25N3O4/c1-11-12(5-6-14(20)21)9-17-19(11)13-7-8-18(10-13)15(22)23-16(2,3)4/h9,13H,5-8,10H2,1-4H3,(H,20,21). The van der Waals surface area contributed by atoms with Gasteiger partial charge >= 0.3 is 12.1 Å². The molecule has 1 saturated heterocycles. The van der Waals surface area contributed by atoms with Gasteiger partial charge in [0.05, 0.1) is 12.2 Å². The molecule has 1 amide bonds. The monoisotopic (exact) mass is 323 g/mol. The van der Waals surface area contributed by atoms with Gasteiger partial charge in [0.15, 0.2) is 0 Å². The number of ether oxygens (including phenoxy) is 1. The quantitative estimate of drug-likeness (QED) is 0.919. The van der Waals surface area contributed by atoms with Crippen molar-refractivity contribution < 1.29 is 19.4 Å². The van der Waals surface area contributed by atoms with Crippen LogP contribution in [0.4, 0.5) is 4.79 Å². The molecule has 1 atom stereocenters. The number of rotatable bonds is 4. The number of nitrogens with zero attached hydrogens (tertiary/aromatic N) is 3. The van der Waals surface area contributed by atoms with Crippen LogP contribution in [-0.2, 0) is 16.0 Å². The Morgan fingerprint density at radius 2 is 2.13 bits per heavy atom. The molecule has 23 heavy (non-hydrogen) atoms. The molecule has 1 unspecified atom stereocenters. The summed E-state index contributed by atoms with van der Waals surface area (Å²) >= 11 is 0. The Balaban J connectivity index is 1.99. The number of carbonyl (C=O) groups excluding carboxylic acids is 1. The van der Waals surface area contributed by atoms with Crippen molar-refractivity contribution in [3.05, 3.63) is 17.5 Å². The van der Waals surface area contributed by atoms with E-state index in [9.17, 15) is 9.59 Å². The van der Waals surface area contributed by atoms with Crippen LogP contribution in [0.25, 0.3) is 0 Å². The van der Waals surface area contributed by atoms with E-state index in [-0.39, 0.29) is 18.6 Å². The van der Waals surface area contributed by atoms with Crippen LogP contribution in [0.15, 0.2) is 6.20 Å². The van der Waals surface area contributed by atoms with Crippen molar-refractivity contribution in [3.63, 3.8) is 0 Å². The Morgan fingerprint density at radius 3 is 2.74 bits per heavy atom. The third-order valence-corrected chi connectivity index (χ3v) is 3.92. The number of aryl methyl sites for hydroxylation is 1. The van der Waals surface area contributed by atoms with Gasteiger partial charge in [0.1, 0.15) is 5.60 Å². The summed E-state index contributed by atoms with van der Waals surface area (Å²) in [6, 6.07) is 0.112. The zero-order valence-corrected chi connectivity index (χ0v) is 14.2. The zero-order valence-electron chi connectivity index (χ0n) is 14.2. The van der Waals surface area contributed by atoms with Crippen LogP contribution in [0.2, 0.25) is 0 Å². The number of likely N-dealkylation sites (tertiary alicyclic amines) is 1. The van der Waals surface area contributed by atoms with Crippen LogP contribution in [0.5, 0.6) is 0 Å². The molecule has 7 nitrogen and oxygen atoms in total. The number of amides is 1. The summed E-state index contributed by atoms with van der Waals surface area (Å²) in [6.45, 7) is 8.71. The summed E-state index contributed by atoms with van der Waals surface area (Å²) < 4.78 is 7.30. The lowest BCUT2D eigenvalue weighted by Crippen LogP contribution is -2.35. The summed E-state index contributed by atoms with van der Waals surface area (Å²) in [5.41, 5.74) is 1.42. The molecule has 2 heterocycles. The first-order valence-electron chi connectivity index (χ1n) is 7.90. The Morgan fingerprint density at radius 1 is 1.43 bits per heavy atom. The molecule has 0 spiro atoms. The van der Waals surface area contributed by atoms with Crippen LogP contribution in [0.3, 0.4) is 0 Å². The fourth-order valence-corrected chi connectivity index (χ4v) is 2.75. The maximum absolute atomic E-state index is 12.1. The second-order valence-electron chi connectivity index (χ2n) is 6.96. The molecule has 128 valence electrons. The largest absolute Gasteiger partial charge is 0.481 e. The molecule has 1 aliphatic heterocycles. The highest BCUT2D eigenvalue weighted by Gasteiger charge is 2.31. The molecule has 0 bridgehead atoms. The first-order chi connectivity index (χ1) is 10.7. The fraction of sp³-hybridized carbons (Fsp3) is 0.688. The third-order valence-electron chi connectivity index (χ3n) is 3.92. The average Bonchev–Trinajstić information content (AvgIpc) is 3.01. The third kappa shape index (κ3) is 4.46. The van der Waals surface area contributed by atoms with Gasteiger partial charge in [0, 0.05) is 25.2 Å². The number of hydrogen-bond acceptors (Lipinski definition) is 4. The highest BCUT2D eigenvalue weighted by molar-refractivity contribution is 5.68. The van der Waals surface area contributed by atoms with E-state index < -0.39 is 11.6 Å². The molecule has 0 radical (unpaired) electrons. The minimum Gasteiger partial charge on any atom is -0.481 e. The van der Waals surface area contributed by atoms with E-state index in [1.165, 1.54) is 0 Å². The van der Waals surface area contributed by atoms with E-state index in [2.05, 4.69) is 5.10 Å². The topological polar surface area (TPSA) is 84.7 Å². The second-order valence-corrected chi connectivity index (χ2v) is 6.96. The number of aromatic nitrogens is 2. The number of hydrogen-bond donors (Lipinski definition) is 1. The zero-order chi connectivity index (χ0) is 17.2. The lowest BCUT2D eigenvalue weighted by Gasteiger charge is -2.24. The van der Waals surface area contributed by atoms with E-state index in [4.69, 9.17) is 9.84 Å². The SMILES string of the molecule is Cc1c(CCC(=O)O)cnn1C1CCN(C(=O)OC(C)(C)C)C1. The number of carboxylic acids is 1. The lowest BCUT2D eigenvalue weighted by molar-refractivity contribution is -0.136.